The van der Waals surface area contributed by atoms with Gasteiger partial charge in [0.1, 0.15) is 0 Å². The SMILES string of the molecule is CCCCCCCCCCCCCCCCCC(O)C(CO)NC(=O)CCCCCCCCCCCCOC(=O)CCCCCCCCCCCCCCC. The third kappa shape index (κ3) is 42.3. The van der Waals surface area contributed by atoms with Gasteiger partial charge in [0.2, 0.25) is 5.91 Å². The van der Waals surface area contributed by atoms with Crippen LogP contribution in [0.2, 0.25) is 0 Å². The predicted octanol–water partition coefficient (Wildman–Crippen LogP) is 14.4. The van der Waals surface area contributed by atoms with Gasteiger partial charge in [0.05, 0.1) is 25.4 Å². The van der Waals surface area contributed by atoms with Crippen molar-refractivity contribution in [2.75, 3.05) is 13.2 Å². The zero-order chi connectivity index (χ0) is 40.1. The quantitative estimate of drug-likeness (QED) is 0.0422. The third-order valence-corrected chi connectivity index (χ3v) is 11.7. The van der Waals surface area contributed by atoms with Crippen molar-refractivity contribution in [2.45, 2.75) is 289 Å². The number of ether oxygens (including phenoxy) is 1. The van der Waals surface area contributed by atoms with Gasteiger partial charge in [-0.1, -0.05) is 239 Å². The molecule has 0 saturated heterocycles. The number of carbonyl (C=O) groups is 2. The lowest BCUT2D eigenvalue weighted by molar-refractivity contribution is -0.143. The van der Waals surface area contributed by atoms with E-state index in [0.717, 1.165) is 57.8 Å². The summed E-state index contributed by atoms with van der Waals surface area (Å²) in [7, 11) is 0. The van der Waals surface area contributed by atoms with Crippen LogP contribution in [0.15, 0.2) is 0 Å². The van der Waals surface area contributed by atoms with E-state index < -0.39 is 12.1 Å². The lowest BCUT2D eigenvalue weighted by Crippen LogP contribution is -2.45. The number of hydrogen-bond donors (Lipinski definition) is 3. The first-order chi connectivity index (χ1) is 27.0. The molecule has 2 unspecified atom stereocenters. The monoisotopic (exact) mass is 780 g/mol. The van der Waals surface area contributed by atoms with Crippen LogP contribution in [-0.2, 0) is 14.3 Å². The summed E-state index contributed by atoms with van der Waals surface area (Å²) < 4.78 is 5.45. The molecule has 0 radical (unpaired) electrons. The number of aliphatic hydroxyl groups is 2. The fourth-order valence-electron chi connectivity index (χ4n) is 7.82. The Hall–Kier alpha value is -1.14. The van der Waals surface area contributed by atoms with Gasteiger partial charge in [0.15, 0.2) is 0 Å². The predicted molar refractivity (Wildman–Crippen MR) is 237 cm³/mol. The maximum atomic E-state index is 12.4. The van der Waals surface area contributed by atoms with E-state index in [9.17, 15) is 19.8 Å². The summed E-state index contributed by atoms with van der Waals surface area (Å²) in [5, 5.41) is 23.2. The zero-order valence-electron chi connectivity index (χ0n) is 37.2. The number of hydrogen-bond acceptors (Lipinski definition) is 5. The van der Waals surface area contributed by atoms with E-state index in [-0.39, 0.29) is 18.5 Å². The van der Waals surface area contributed by atoms with Crippen molar-refractivity contribution in [2.24, 2.45) is 0 Å². The van der Waals surface area contributed by atoms with Crippen molar-refractivity contribution >= 4 is 11.9 Å². The molecule has 0 aromatic rings. The maximum absolute atomic E-state index is 12.4. The van der Waals surface area contributed by atoms with Crippen LogP contribution in [0.3, 0.4) is 0 Å². The molecule has 0 aromatic carbocycles. The smallest absolute Gasteiger partial charge is 0.305 e. The molecule has 3 N–H and O–H groups in total. The summed E-state index contributed by atoms with van der Waals surface area (Å²) in [5.74, 6) is -0.0724. The van der Waals surface area contributed by atoms with E-state index in [1.54, 1.807) is 0 Å². The first-order valence-electron chi connectivity index (χ1n) is 24.8. The number of carbonyl (C=O) groups excluding carboxylic acids is 2. The average Bonchev–Trinajstić information content (AvgIpc) is 3.18. The summed E-state index contributed by atoms with van der Waals surface area (Å²) in [6.07, 6.45) is 49.1. The molecule has 6 nitrogen and oxygen atoms in total. The minimum absolute atomic E-state index is 0.0167. The highest BCUT2D eigenvalue weighted by Crippen LogP contribution is 2.17. The van der Waals surface area contributed by atoms with Crippen LogP contribution in [0.25, 0.3) is 0 Å². The molecule has 55 heavy (non-hydrogen) atoms. The van der Waals surface area contributed by atoms with Crippen molar-refractivity contribution in [1.29, 1.82) is 0 Å². The molecular formula is C49H97NO5. The van der Waals surface area contributed by atoms with E-state index in [4.69, 9.17) is 4.74 Å². The van der Waals surface area contributed by atoms with Crippen LogP contribution in [0.4, 0.5) is 0 Å². The maximum Gasteiger partial charge on any atom is 0.305 e. The Bertz CT molecular complexity index is 776. The van der Waals surface area contributed by atoms with Crippen LogP contribution in [-0.4, -0.2) is 47.4 Å². The first kappa shape index (κ1) is 53.9. The van der Waals surface area contributed by atoms with Gasteiger partial charge in [-0.3, -0.25) is 9.59 Å². The Kier molecular flexibility index (Phi) is 44.6. The van der Waals surface area contributed by atoms with Crippen LogP contribution in [0, 0.1) is 0 Å². The number of nitrogens with one attached hydrogen (secondary N) is 1. The molecule has 0 aliphatic carbocycles. The fourth-order valence-corrected chi connectivity index (χ4v) is 7.82. The van der Waals surface area contributed by atoms with Gasteiger partial charge >= 0.3 is 5.97 Å². The molecule has 0 bridgehead atoms. The number of amides is 1. The molecule has 0 spiro atoms. The van der Waals surface area contributed by atoms with E-state index in [0.29, 0.717) is 25.9 Å². The molecule has 0 aliphatic heterocycles. The highest BCUT2D eigenvalue weighted by molar-refractivity contribution is 5.76. The Balaban J connectivity index is 3.47. The van der Waals surface area contributed by atoms with Gasteiger partial charge in [-0.15, -0.1) is 0 Å². The minimum atomic E-state index is -0.676. The van der Waals surface area contributed by atoms with Crippen LogP contribution >= 0.6 is 0 Å². The number of esters is 1. The van der Waals surface area contributed by atoms with Crippen LogP contribution in [0.1, 0.15) is 277 Å². The fraction of sp³-hybridized carbons (Fsp3) is 0.959. The van der Waals surface area contributed by atoms with Crippen molar-refractivity contribution in [3.8, 4) is 0 Å². The molecular weight excluding hydrogens is 683 g/mol. The lowest BCUT2D eigenvalue weighted by atomic mass is 10.0. The van der Waals surface area contributed by atoms with Gasteiger partial charge in [-0.25, -0.2) is 0 Å². The van der Waals surface area contributed by atoms with Crippen molar-refractivity contribution in [1.82, 2.24) is 5.32 Å². The topological polar surface area (TPSA) is 95.9 Å². The Labute approximate surface area is 343 Å². The van der Waals surface area contributed by atoms with Gasteiger partial charge in [0, 0.05) is 12.8 Å². The molecule has 2 atom stereocenters. The van der Waals surface area contributed by atoms with Gasteiger partial charge in [-0.05, 0) is 25.7 Å². The van der Waals surface area contributed by atoms with Crippen molar-refractivity contribution in [3.63, 3.8) is 0 Å². The summed E-state index contributed by atoms with van der Waals surface area (Å²) in [5.41, 5.74) is 0. The molecule has 0 aromatic heterocycles. The Morgan fingerprint density at radius 1 is 0.436 bits per heavy atom. The van der Waals surface area contributed by atoms with Gasteiger partial charge in [0.25, 0.3) is 0 Å². The molecule has 0 heterocycles. The second-order valence-electron chi connectivity index (χ2n) is 17.2. The largest absolute Gasteiger partial charge is 0.466 e. The second kappa shape index (κ2) is 45.6. The average molecular weight is 780 g/mol. The standard InChI is InChI=1S/C49H97NO5/c1-3-5-7-9-11-13-15-17-18-20-21-25-29-33-37-41-47(52)46(45-51)50-48(53)42-38-34-30-26-23-24-28-32-36-40-44-55-49(54)43-39-35-31-27-22-19-16-14-12-10-8-6-4-2/h46-47,51-52H,3-45H2,1-2H3,(H,50,53). The molecule has 1 amide bonds. The molecule has 6 heteroatoms. The lowest BCUT2D eigenvalue weighted by Gasteiger charge is -2.22. The first-order valence-corrected chi connectivity index (χ1v) is 24.8. The van der Waals surface area contributed by atoms with E-state index >= 15 is 0 Å². The normalized spacial score (nSPS) is 12.6. The minimum Gasteiger partial charge on any atom is -0.466 e. The summed E-state index contributed by atoms with van der Waals surface area (Å²) in [6, 6.07) is -0.555. The van der Waals surface area contributed by atoms with Gasteiger partial charge < -0.3 is 20.3 Å². The number of rotatable bonds is 46. The van der Waals surface area contributed by atoms with E-state index in [1.165, 1.54) is 186 Å². The van der Waals surface area contributed by atoms with Crippen LogP contribution < -0.4 is 5.32 Å². The Morgan fingerprint density at radius 2 is 0.745 bits per heavy atom. The zero-order valence-corrected chi connectivity index (χ0v) is 37.2. The van der Waals surface area contributed by atoms with Crippen molar-refractivity contribution in [3.05, 3.63) is 0 Å². The molecule has 0 aliphatic rings. The molecule has 0 rings (SSSR count). The summed E-state index contributed by atoms with van der Waals surface area (Å²) in [4.78, 5) is 24.4. The second-order valence-corrected chi connectivity index (χ2v) is 17.2. The summed E-state index contributed by atoms with van der Waals surface area (Å²) >= 11 is 0. The van der Waals surface area contributed by atoms with E-state index in [1.807, 2.05) is 0 Å². The van der Waals surface area contributed by atoms with Crippen LogP contribution in [0.5, 0.6) is 0 Å². The number of aliphatic hydroxyl groups excluding tert-OH is 2. The Morgan fingerprint density at radius 3 is 1.11 bits per heavy atom. The molecule has 0 saturated carbocycles. The highest BCUT2D eigenvalue weighted by Gasteiger charge is 2.20. The summed E-state index contributed by atoms with van der Waals surface area (Å²) in [6.45, 7) is 4.91. The third-order valence-electron chi connectivity index (χ3n) is 11.7. The highest BCUT2D eigenvalue weighted by atomic mass is 16.5. The van der Waals surface area contributed by atoms with E-state index in [2.05, 4.69) is 19.2 Å². The number of unbranched alkanes of at least 4 members (excludes halogenated alkanes) is 35. The molecule has 328 valence electrons. The van der Waals surface area contributed by atoms with Crippen molar-refractivity contribution < 1.29 is 24.5 Å². The molecule has 0 fully saturated rings. The van der Waals surface area contributed by atoms with Gasteiger partial charge in [-0.2, -0.15) is 0 Å².